The maximum absolute atomic E-state index is 13.9. The van der Waals surface area contributed by atoms with Crippen molar-refractivity contribution in [2.45, 2.75) is 19.6 Å². The van der Waals surface area contributed by atoms with E-state index in [0.717, 1.165) is 6.92 Å². The van der Waals surface area contributed by atoms with Crippen LogP contribution in [0.25, 0.3) is 0 Å². The first-order chi connectivity index (χ1) is 8.43. The summed E-state index contributed by atoms with van der Waals surface area (Å²) in [5.74, 6) is -2.77. The van der Waals surface area contributed by atoms with Crippen molar-refractivity contribution in [3.63, 3.8) is 0 Å². The van der Waals surface area contributed by atoms with Gasteiger partial charge in [0.2, 0.25) is 0 Å². The second-order valence-electron chi connectivity index (χ2n) is 3.52. The van der Waals surface area contributed by atoms with Crippen LogP contribution in [0.3, 0.4) is 0 Å². The number of aliphatic carboxylic acids is 1. The fraction of sp³-hybridized carbons (Fsp3) is 0.364. The highest BCUT2D eigenvalue weighted by atomic mass is 19.2. The molecule has 6 nitrogen and oxygen atoms in total. The van der Waals surface area contributed by atoms with Gasteiger partial charge in [-0.25, -0.2) is 4.79 Å². The van der Waals surface area contributed by atoms with E-state index in [2.05, 4.69) is 4.98 Å². The maximum Gasteiger partial charge on any atom is 0.359 e. The zero-order valence-electron chi connectivity index (χ0n) is 9.96. The van der Waals surface area contributed by atoms with Crippen LogP contribution in [0.15, 0.2) is 24.4 Å². The van der Waals surface area contributed by atoms with Crippen molar-refractivity contribution in [3.05, 3.63) is 30.1 Å². The van der Waals surface area contributed by atoms with Gasteiger partial charge < -0.3 is 9.84 Å². The smallest absolute Gasteiger partial charge is 0.359 e. The van der Waals surface area contributed by atoms with E-state index in [1.54, 1.807) is 6.07 Å². The number of carbonyl (C=O) groups excluding carboxylic acids is 1. The maximum atomic E-state index is 13.9. The van der Waals surface area contributed by atoms with Crippen molar-refractivity contribution in [2.24, 2.45) is 0 Å². The van der Waals surface area contributed by atoms with E-state index in [4.69, 9.17) is 9.84 Å². The fourth-order valence-electron chi connectivity index (χ4n) is 1.27. The fourth-order valence-corrected chi connectivity index (χ4v) is 1.27. The molecule has 98 valence electrons. The second-order valence-corrected chi connectivity index (χ2v) is 3.52. The molecule has 1 amide bonds. The van der Waals surface area contributed by atoms with Crippen LogP contribution in [0.5, 0.6) is 0 Å². The molecule has 0 aliphatic heterocycles. The van der Waals surface area contributed by atoms with Gasteiger partial charge in [0.1, 0.15) is 5.69 Å². The Balaban J connectivity index is 3.01. The summed E-state index contributed by atoms with van der Waals surface area (Å²) in [4.78, 5) is 26.4. The molecule has 1 N–H and O–H groups in total. The average molecular weight is 256 g/mol. The number of carboxylic acid groups (broad SMARTS) is 1. The molecule has 1 aromatic rings. The van der Waals surface area contributed by atoms with Crippen molar-refractivity contribution in [1.82, 2.24) is 10.1 Å². The molecular formula is C11H13FN2O4. The van der Waals surface area contributed by atoms with Crippen molar-refractivity contribution in [2.75, 3.05) is 6.61 Å². The third-order valence-electron chi connectivity index (χ3n) is 2.26. The van der Waals surface area contributed by atoms with Gasteiger partial charge in [0.25, 0.3) is 5.72 Å². The van der Waals surface area contributed by atoms with Crippen LogP contribution < -0.4 is 0 Å². The van der Waals surface area contributed by atoms with Crippen molar-refractivity contribution in [3.8, 4) is 0 Å². The molecule has 18 heavy (non-hydrogen) atoms. The first-order valence-corrected chi connectivity index (χ1v) is 5.22. The van der Waals surface area contributed by atoms with Gasteiger partial charge in [0.15, 0.2) is 0 Å². The molecule has 0 saturated carbocycles. The number of amides is 1. The Morgan fingerprint density at radius 2 is 2.22 bits per heavy atom. The van der Waals surface area contributed by atoms with Crippen molar-refractivity contribution < 1.29 is 23.9 Å². The standard InChI is InChI=1S/C11H13FN2O4/c1-3-18-11(2,10(16)17)14(12)9(15)8-6-4-5-7-13-8/h4-7H,3H2,1-2H3,(H,16,17). The summed E-state index contributed by atoms with van der Waals surface area (Å²) in [7, 11) is 0. The number of pyridine rings is 1. The molecule has 0 aliphatic carbocycles. The Kier molecular flexibility index (Phi) is 4.33. The zero-order valence-corrected chi connectivity index (χ0v) is 9.96. The van der Waals surface area contributed by atoms with Gasteiger partial charge in [0, 0.05) is 12.8 Å². The summed E-state index contributed by atoms with van der Waals surface area (Å²) in [5, 5.41) is 8.48. The average Bonchev–Trinajstić information content (AvgIpc) is 2.38. The van der Waals surface area contributed by atoms with Crippen molar-refractivity contribution in [1.29, 1.82) is 0 Å². The summed E-state index contributed by atoms with van der Waals surface area (Å²) in [6, 6.07) is 4.33. The van der Waals surface area contributed by atoms with E-state index in [1.165, 1.54) is 25.3 Å². The first-order valence-electron chi connectivity index (χ1n) is 5.22. The molecule has 0 spiro atoms. The van der Waals surface area contributed by atoms with Gasteiger partial charge in [-0.3, -0.25) is 9.78 Å². The van der Waals surface area contributed by atoms with Gasteiger partial charge in [-0.05, 0) is 26.0 Å². The van der Waals surface area contributed by atoms with Gasteiger partial charge in [-0.2, -0.15) is 0 Å². The summed E-state index contributed by atoms with van der Waals surface area (Å²) >= 11 is 0. The largest absolute Gasteiger partial charge is 0.478 e. The minimum Gasteiger partial charge on any atom is -0.478 e. The quantitative estimate of drug-likeness (QED) is 0.633. The molecule has 1 atom stereocenters. The lowest BCUT2D eigenvalue weighted by atomic mass is 10.2. The lowest BCUT2D eigenvalue weighted by Crippen LogP contribution is -2.53. The van der Waals surface area contributed by atoms with E-state index in [9.17, 15) is 14.1 Å². The predicted octanol–water partition coefficient (Wildman–Crippen LogP) is 1.25. The van der Waals surface area contributed by atoms with E-state index in [1.807, 2.05) is 0 Å². The van der Waals surface area contributed by atoms with Gasteiger partial charge >= 0.3 is 11.9 Å². The number of aromatic nitrogens is 1. The second kappa shape index (κ2) is 5.54. The predicted molar refractivity (Wildman–Crippen MR) is 59.2 cm³/mol. The van der Waals surface area contributed by atoms with E-state index >= 15 is 0 Å². The summed E-state index contributed by atoms with van der Waals surface area (Å²) in [6.45, 7) is 2.40. The molecule has 0 aliphatic rings. The lowest BCUT2D eigenvalue weighted by Gasteiger charge is -2.29. The van der Waals surface area contributed by atoms with Crippen LogP contribution in [-0.2, 0) is 9.53 Å². The third-order valence-corrected chi connectivity index (χ3v) is 2.26. The Morgan fingerprint density at radius 1 is 1.56 bits per heavy atom. The number of carbonyl (C=O) groups is 2. The molecule has 0 aromatic carbocycles. The normalized spacial score (nSPS) is 13.7. The zero-order chi connectivity index (χ0) is 13.8. The van der Waals surface area contributed by atoms with Crippen LogP contribution in [0.2, 0.25) is 0 Å². The highest BCUT2D eigenvalue weighted by Crippen LogP contribution is 2.20. The van der Waals surface area contributed by atoms with Gasteiger partial charge in [-0.1, -0.05) is 10.5 Å². The Bertz CT molecular complexity index is 440. The molecule has 7 heteroatoms. The lowest BCUT2D eigenvalue weighted by molar-refractivity contribution is -0.214. The molecule has 1 heterocycles. The first kappa shape index (κ1) is 14.0. The number of nitrogens with zero attached hydrogens (tertiary/aromatic N) is 2. The molecule has 1 unspecified atom stereocenters. The summed E-state index contributed by atoms with van der Waals surface area (Å²) in [6.07, 6.45) is 1.31. The Hall–Kier alpha value is -2.02. The number of ether oxygens (including phenoxy) is 1. The SMILES string of the molecule is CCOC(C)(C(=O)O)N(F)C(=O)c1ccccn1. The van der Waals surface area contributed by atoms with E-state index in [0.29, 0.717) is 0 Å². The van der Waals surface area contributed by atoms with Crippen LogP contribution in [0.1, 0.15) is 24.3 Å². The Labute approximate surface area is 103 Å². The molecular weight excluding hydrogens is 243 g/mol. The number of hydrogen-bond donors (Lipinski definition) is 1. The highest BCUT2D eigenvalue weighted by Gasteiger charge is 2.45. The number of halogens is 1. The topological polar surface area (TPSA) is 79.7 Å². The number of rotatable bonds is 5. The van der Waals surface area contributed by atoms with Crippen LogP contribution >= 0.6 is 0 Å². The minimum atomic E-state index is -2.37. The summed E-state index contributed by atoms with van der Waals surface area (Å²) in [5.41, 5.74) is -2.57. The van der Waals surface area contributed by atoms with Crippen LogP contribution in [-0.4, -0.2) is 39.4 Å². The number of hydrogen-bond acceptors (Lipinski definition) is 4. The van der Waals surface area contributed by atoms with Gasteiger partial charge in [0.05, 0.1) is 0 Å². The molecule has 0 radical (unpaired) electrons. The van der Waals surface area contributed by atoms with E-state index < -0.39 is 22.7 Å². The molecule has 1 aromatic heterocycles. The van der Waals surface area contributed by atoms with E-state index in [-0.39, 0.29) is 12.3 Å². The molecule has 0 fully saturated rings. The monoisotopic (exact) mass is 256 g/mol. The Morgan fingerprint density at radius 3 is 2.67 bits per heavy atom. The third kappa shape index (κ3) is 2.62. The van der Waals surface area contributed by atoms with Crippen molar-refractivity contribution >= 4 is 11.9 Å². The summed E-state index contributed by atoms with van der Waals surface area (Å²) < 4.78 is 18.7. The van der Waals surface area contributed by atoms with Crippen LogP contribution in [0.4, 0.5) is 4.48 Å². The van der Waals surface area contributed by atoms with Gasteiger partial charge in [-0.15, -0.1) is 5.12 Å². The number of carboxylic acids is 1. The van der Waals surface area contributed by atoms with Crippen LogP contribution in [0, 0.1) is 0 Å². The molecule has 0 saturated heterocycles. The molecule has 0 bridgehead atoms. The molecule has 1 rings (SSSR count). The minimum absolute atomic E-state index is 0.0568. The highest BCUT2D eigenvalue weighted by molar-refractivity contribution is 5.94.